The number of benzene rings is 1. The van der Waals surface area contributed by atoms with Crippen molar-refractivity contribution in [3.05, 3.63) is 29.6 Å². The minimum Gasteiger partial charge on any atom is -0.497 e. The van der Waals surface area contributed by atoms with Gasteiger partial charge in [0.25, 0.3) is 0 Å². The number of ether oxygens (including phenoxy) is 1. The van der Waals surface area contributed by atoms with Crippen LogP contribution in [0.4, 0.5) is 13.2 Å². The predicted octanol–water partition coefficient (Wildman–Crippen LogP) is 5.68. The Morgan fingerprint density at radius 2 is 1.40 bits per heavy atom. The first-order valence-corrected chi connectivity index (χ1v) is 9.19. The number of carbonyl (C=O) groups is 1. The summed E-state index contributed by atoms with van der Waals surface area (Å²) in [5.74, 6) is -1.64. The molecule has 0 radical (unpaired) electrons. The molecule has 140 valence electrons. The van der Waals surface area contributed by atoms with Crippen LogP contribution in [-0.4, -0.2) is 13.4 Å². The minimum atomic E-state index is -1.48. The van der Waals surface area contributed by atoms with Crippen LogP contribution in [0.15, 0.2) is 12.1 Å². The third-order valence-electron chi connectivity index (χ3n) is 5.52. The van der Waals surface area contributed by atoms with E-state index in [0.717, 1.165) is 24.0 Å². The van der Waals surface area contributed by atoms with E-state index in [9.17, 15) is 18.0 Å². The molecule has 2 aliphatic rings. The van der Waals surface area contributed by atoms with Gasteiger partial charge in [-0.3, -0.25) is 0 Å². The molecule has 1 aromatic carbocycles. The molecule has 0 bridgehead atoms. The standard InChI is InChI=1S/C13H22O.C7H5F3O/c14-10-11-6-8-13(9-7-11)12-4-2-1-3-5-12;1-11-4-2-5(8)7(10)6(9)3-4/h10-13H,1-9H2;2-3H,1H3. The maximum absolute atomic E-state index is 12.3. The van der Waals surface area contributed by atoms with Crippen LogP contribution in [0.25, 0.3) is 0 Å². The number of hydrogen-bond donors (Lipinski definition) is 0. The molecule has 2 fully saturated rings. The van der Waals surface area contributed by atoms with Gasteiger partial charge < -0.3 is 9.53 Å². The van der Waals surface area contributed by atoms with Crippen molar-refractivity contribution in [1.29, 1.82) is 0 Å². The van der Waals surface area contributed by atoms with Gasteiger partial charge in [-0.15, -0.1) is 0 Å². The summed E-state index contributed by atoms with van der Waals surface area (Å²) < 4.78 is 41.4. The number of hydrogen-bond acceptors (Lipinski definition) is 2. The lowest BCUT2D eigenvalue weighted by Crippen LogP contribution is -2.23. The number of carbonyl (C=O) groups excluding carboxylic acids is 1. The van der Waals surface area contributed by atoms with E-state index in [-0.39, 0.29) is 5.75 Å². The minimum absolute atomic E-state index is 0.0404. The van der Waals surface area contributed by atoms with E-state index in [4.69, 9.17) is 0 Å². The molecular weight excluding hydrogens is 329 g/mol. The summed E-state index contributed by atoms with van der Waals surface area (Å²) in [5.41, 5.74) is 0. The SMILES string of the molecule is COc1cc(F)c(F)c(F)c1.O=CC1CCC(C2CCCCC2)CC1. The maximum Gasteiger partial charge on any atom is 0.194 e. The van der Waals surface area contributed by atoms with Crippen molar-refractivity contribution in [3.63, 3.8) is 0 Å². The van der Waals surface area contributed by atoms with Gasteiger partial charge in [0, 0.05) is 18.1 Å². The summed E-state index contributed by atoms with van der Waals surface area (Å²) in [4.78, 5) is 10.6. The molecule has 0 heterocycles. The van der Waals surface area contributed by atoms with Crippen molar-refractivity contribution in [2.45, 2.75) is 57.8 Å². The molecule has 2 saturated carbocycles. The molecule has 0 N–H and O–H groups in total. The third-order valence-corrected chi connectivity index (χ3v) is 5.52. The Kier molecular flexibility index (Phi) is 7.79. The Morgan fingerprint density at radius 1 is 0.880 bits per heavy atom. The van der Waals surface area contributed by atoms with E-state index in [2.05, 4.69) is 4.74 Å². The molecule has 1 aromatic rings. The first-order chi connectivity index (χ1) is 12.0. The lowest BCUT2D eigenvalue weighted by molar-refractivity contribution is -0.112. The Hall–Kier alpha value is -1.52. The Bertz CT molecular complexity index is 525. The van der Waals surface area contributed by atoms with Crippen LogP contribution < -0.4 is 4.74 Å². The van der Waals surface area contributed by atoms with Gasteiger partial charge in [0.1, 0.15) is 12.0 Å². The van der Waals surface area contributed by atoms with Crippen LogP contribution >= 0.6 is 0 Å². The van der Waals surface area contributed by atoms with Crippen molar-refractivity contribution in [2.24, 2.45) is 17.8 Å². The van der Waals surface area contributed by atoms with Crippen LogP contribution in [-0.2, 0) is 4.79 Å². The summed E-state index contributed by atoms with van der Waals surface area (Å²) in [6.45, 7) is 0. The summed E-state index contributed by atoms with van der Waals surface area (Å²) >= 11 is 0. The van der Waals surface area contributed by atoms with Gasteiger partial charge in [-0.25, -0.2) is 13.2 Å². The molecule has 2 nitrogen and oxygen atoms in total. The van der Waals surface area contributed by atoms with Gasteiger partial charge in [0.2, 0.25) is 0 Å². The molecule has 2 aliphatic carbocycles. The van der Waals surface area contributed by atoms with Crippen molar-refractivity contribution in [2.75, 3.05) is 7.11 Å². The Labute approximate surface area is 147 Å². The molecule has 0 unspecified atom stereocenters. The maximum atomic E-state index is 12.3. The highest BCUT2D eigenvalue weighted by Crippen LogP contribution is 2.39. The second kappa shape index (κ2) is 9.83. The lowest BCUT2D eigenvalue weighted by atomic mass is 9.71. The van der Waals surface area contributed by atoms with E-state index in [1.165, 1.54) is 71.2 Å². The van der Waals surface area contributed by atoms with Crippen LogP contribution in [0.3, 0.4) is 0 Å². The summed E-state index contributed by atoms with van der Waals surface area (Å²) in [7, 11) is 1.24. The average Bonchev–Trinajstić information content (AvgIpc) is 2.67. The smallest absolute Gasteiger partial charge is 0.194 e. The predicted molar refractivity (Wildman–Crippen MR) is 91.0 cm³/mol. The van der Waals surface area contributed by atoms with E-state index in [1.54, 1.807) is 0 Å². The largest absolute Gasteiger partial charge is 0.497 e. The zero-order valence-electron chi connectivity index (χ0n) is 14.8. The number of methoxy groups -OCH3 is 1. The molecule has 0 amide bonds. The molecule has 0 spiro atoms. The zero-order valence-corrected chi connectivity index (χ0v) is 14.8. The second-order valence-corrected chi connectivity index (χ2v) is 7.11. The third kappa shape index (κ3) is 5.75. The lowest BCUT2D eigenvalue weighted by Gasteiger charge is -2.34. The topological polar surface area (TPSA) is 26.3 Å². The normalized spacial score (nSPS) is 24.2. The highest BCUT2D eigenvalue weighted by molar-refractivity contribution is 5.53. The van der Waals surface area contributed by atoms with E-state index in [1.807, 2.05) is 0 Å². The average molecular weight is 356 g/mol. The fourth-order valence-corrected chi connectivity index (χ4v) is 4.01. The fourth-order valence-electron chi connectivity index (χ4n) is 4.01. The van der Waals surface area contributed by atoms with Crippen molar-refractivity contribution >= 4 is 6.29 Å². The number of halogens is 3. The number of aldehydes is 1. The van der Waals surface area contributed by atoms with Crippen LogP contribution in [0.1, 0.15) is 57.8 Å². The van der Waals surface area contributed by atoms with E-state index >= 15 is 0 Å². The van der Waals surface area contributed by atoms with Crippen LogP contribution in [0, 0.1) is 35.2 Å². The van der Waals surface area contributed by atoms with Crippen molar-refractivity contribution in [1.82, 2.24) is 0 Å². The molecule has 0 aliphatic heterocycles. The van der Waals surface area contributed by atoms with Gasteiger partial charge in [-0.05, 0) is 37.5 Å². The molecule has 5 heteroatoms. The van der Waals surface area contributed by atoms with E-state index in [0.29, 0.717) is 5.92 Å². The van der Waals surface area contributed by atoms with Gasteiger partial charge in [0.05, 0.1) is 7.11 Å². The Morgan fingerprint density at radius 3 is 1.88 bits per heavy atom. The van der Waals surface area contributed by atoms with Crippen LogP contribution in [0.5, 0.6) is 5.75 Å². The van der Waals surface area contributed by atoms with Gasteiger partial charge in [0.15, 0.2) is 17.5 Å². The summed E-state index contributed by atoms with van der Waals surface area (Å²) in [6, 6.07) is 1.55. The molecular formula is C20H27F3O2. The Balaban J connectivity index is 0.000000186. The van der Waals surface area contributed by atoms with Gasteiger partial charge in [-0.2, -0.15) is 0 Å². The first kappa shape index (κ1) is 19.8. The molecule has 0 aromatic heterocycles. The highest BCUT2D eigenvalue weighted by atomic mass is 19.2. The fraction of sp³-hybridized carbons (Fsp3) is 0.650. The molecule has 3 rings (SSSR count). The first-order valence-electron chi connectivity index (χ1n) is 9.19. The van der Waals surface area contributed by atoms with Crippen LogP contribution in [0.2, 0.25) is 0 Å². The molecule has 0 saturated heterocycles. The quantitative estimate of drug-likeness (QED) is 0.514. The van der Waals surface area contributed by atoms with Gasteiger partial charge >= 0.3 is 0 Å². The monoisotopic (exact) mass is 356 g/mol. The highest BCUT2D eigenvalue weighted by Gasteiger charge is 2.28. The summed E-state index contributed by atoms with van der Waals surface area (Å²) in [5, 5.41) is 0. The second-order valence-electron chi connectivity index (χ2n) is 7.11. The van der Waals surface area contributed by atoms with E-state index < -0.39 is 17.5 Å². The van der Waals surface area contributed by atoms with Crippen molar-refractivity contribution < 1.29 is 22.7 Å². The zero-order chi connectivity index (χ0) is 18.2. The summed E-state index contributed by atoms with van der Waals surface area (Å²) in [6.07, 6.45) is 13.5. The van der Waals surface area contributed by atoms with Crippen molar-refractivity contribution in [3.8, 4) is 5.75 Å². The molecule has 25 heavy (non-hydrogen) atoms. The number of rotatable bonds is 3. The molecule has 0 atom stereocenters. The van der Waals surface area contributed by atoms with Gasteiger partial charge in [-0.1, -0.05) is 32.1 Å².